The summed E-state index contributed by atoms with van der Waals surface area (Å²) in [6.07, 6.45) is 6.43. The highest BCUT2D eigenvalue weighted by Crippen LogP contribution is 2.41. The Balaban J connectivity index is 1.83. The molecule has 6 heteroatoms. The van der Waals surface area contributed by atoms with Crippen LogP contribution in [-0.4, -0.2) is 38.3 Å². The molecular weight excluding hydrogens is 322 g/mol. The number of rotatable bonds is 3. The summed E-state index contributed by atoms with van der Waals surface area (Å²) in [6.45, 7) is 1.56. The summed E-state index contributed by atoms with van der Waals surface area (Å²) in [5, 5.41) is 13.8. The Morgan fingerprint density at radius 3 is 2.90 bits per heavy atom. The van der Waals surface area contributed by atoms with E-state index < -0.39 is 5.97 Å². The Morgan fingerprint density at radius 1 is 1.50 bits per heavy atom. The molecule has 2 heterocycles. The van der Waals surface area contributed by atoms with Crippen molar-refractivity contribution >= 4 is 21.9 Å². The molecule has 1 N–H and O–H groups in total. The van der Waals surface area contributed by atoms with Gasteiger partial charge in [-0.2, -0.15) is 5.10 Å². The van der Waals surface area contributed by atoms with Gasteiger partial charge in [0.2, 0.25) is 0 Å². The number of fused-ring (bicyclic) bond motifs is 1. The van der Waals surface area contributed by atoms with Gasteiger partial charge in [-0.15, -0.1) is 0 Å². The number of aliphatic carboxylic acids is 1. The highest BCUT2D eigenvalue weighted by molar-refractivity contribution is 9.10. The molecule has 0 aromatic carbocycles. The predicted molar refractivity (Wildman–Crippen MR) is 78.2 cm³/mol. The highest BCUT2D eigenvalue weighted by Gasteiger charge is 2.46. The minimum absolute atomic E-state index is 0.327. The van der Waals surface area contributed by atoms with E-state index in [2.05, 4.69) is 25.9 Å². The van der Waals surface area contributed by atoms with Gasteiger partial charge in [0.05, 0.1) is 16.4 Å². The third-order valence-corrected chi connectivity index (χ3v) is 5.51. The zero-order valence-corrected chi connectivity index (χ0v) is 13.2. The Kier molecular flexibility index (Phi) is 3.86. The number of aryl methyl sites for hydroxylation is 1. The molecule has 20 heavy (non-hydrogen) atoms. The van der Waals surface area contributed by atoms with E-state index in [1.807, 2.05) is 11.7 Å². The normalized spacial score (nSPS) is 30.4. The van der Waals surface area contributed by atoms with Crippen LogP contribution in [0.2, 0.25) is 0 Å². The van der Waals surface area contributed by atoms with Gasteiger partial charge in [0, 0.05) is 20.1 Å². The maximum absolute atomic E-state index is 11.7. The summed E-state index contributed by atoms with van der Waals surface area (Å²) in [6, 6.07) is -0.331. The number of carboxylic acid groups (broad SMARTS) is 1. The van der Waals surface area contributed by atoms with E-state index in [4.69, 9.17) is 0 Å². The van der Waals surface area contributed by atoms with Gasteiger partial charge in [0.1, 0.15) is 6.04 Å². The first kappa shape index (κ1) is 14.1. The molecule has 1 saturated carbocycles. The van der Waals surface area contributed by atoms with Crippen molar-refractivity contribution in [2.24, 2.45) is 18.9 Å². The summed E-state index contributed by atoms with van der Waals surface area (Å²) in [5.74, 6) is 0.211. The van der Waals surface area contributed by atoms with Crippen LogP contribution in [-0.2, 0) is 18.4 Å². The first-order valence-electron chi connectivity index (χ1n) is 7.21. The first-order chi connectivity index (χ1) is 9.58. The van der Waals surface area contributed by atoms with Gasteiger partial charge in [0.15, 0.2) is 0 Å². The molecule has 110 valence electrons. The average Bonchev–Trinajstić information content (AvgIpc) is 2.93. The average molecular weight is 342 g/mol. The van der Waals surface area contributed by atoms with Crippen molar-refractivity contribution < 1.29 is 9.90 Å². The minimum Gasteiger partial charge on any atom is -0.480 e. The van der Waals surface area contributed by atoms with Gasteiger partial charge in [-0.3, -0.25) is 14.4 Å². The van der Waals surface area contributed by atoms with Crippen molar-refractivity contribution in [2.45, 2.75) is 38.3 Å². The number of nitrogens with zero attached hydrogens (tertiary/aromatic N) is 3. The molecule has 1 aliphatic heterocycles. The first-order valence-corrected chi connectivity index (χ1v) is 8.00. The largest absolute Gasteiger partial charge is 0.480 e. The molecule has 5 nitrogen and oxygen atoms in total. The number of hydrogen-bond donors (Lipinski definition) is 1. The van der Waals surface area contributed by atoms with Crippen molar-refractivity contribution in [3.05, 3.63) is 16.4 Å². The SMILES string of the molecule is Cn1ncc(Br)c1CN1C[C@@H]2CCCC[C@@H]2[C@H]1C(=O)O. The molecule has 0 radical (unpaired) electrons. The molecule has 1 aromatic rings. The summed E-state index contributed by atoms with van der Waals surface area (Å²) in [5.41, 5.74) is 1.05. The van der Waals surface area contributed by atoms with Crippen LogP contribution in [0, 0.1) is 11.8 Å². The van der Waals surface area contributed by atoms with Gasteiger partial charge in [-0.25, -0.2) is 0 Å². The van der Waals surface area contributed by atoms with E-state index in [1.54, 1.807) is 6.20 Å². The van der Waals surface area contributed by atoms with Crippen LogP contribution in [0.1, 0.15) is 31.4 Å². The maximum atomic E-state index is 11.7. The lowest BCUT2D eigenvalue weighted by Crippen LogP contribution is -2.40. The van der Waals surface area contributed by atoms with Crippen molar-refractivity contribution in [2.75, 3.05) is 6.54 Å². The third kappa shape index (κ3) is 2.39. The maximum Gasteiger partial charge on any atom is 0.321 e. The molecule has 0 amide bonds. The number of likely N-dealkylation sites (tertiary alicyclic amines) is 1. The van der Waals surface area contributed by atoms with Gasteiger partial charge in [-0.1, -0.05) is 12.8 Å². The van der Waals surface area contributed by atoms with Crippen LogP contribution < -0.4 is 0 Å². The van der Waals surface area contributed by atoms with E-state index >= 15 is 0 Å². The number of carbonyl (C=O) groups is 1. The molecule has 2 aliphatic rings. The summed E-state index contributed by atoms with van der Waals surface area (Å²) in [7, 11) is 1.90. The Bertz CT molecular complexity index is 497. The standard InChI is InChI=1S/C14H20BrN3O2/c1-17-12(11(15)6-16-17)8-18-7-9-4-2-3-5-10(9)13(18)14(19)20/h6,9-10,13H,2-5,7-8H2,1H3,(H,19,20)/t9-,10-,13-/m0/s1. The molecule has 1 saturated heterocycles. The summed E-state index contributed by atoms with van der Waals surface area (Å²) >= 11 is 3.50. The second kappa shape index (κ2) is 5.48. The van der Waals surface area contributed by atoms with Crippen LogP contribution in [0.15, 0.2) is 10.7 Å². The van der Waals surface area contributed by atoms with Gasteiger partial charge < -0.3 is 5.11 Å². The number of halogens is 1. The molecule has 3 rings (SSSR count). The Hall–Kier alpha value is -0.880. The second-order valence-corrected chi connectivity index (χ2v) is 6.84. The van der Waals surface area contributed by atoms with Crippen molar-refractivity contribution in [3.63, 3.8) is 0 Å². The minimum atomic E-state index is -0.669. The lowest BCUT2D eigenvalue weighted by molar-refractivity contribution is -0.144. The smallest absolute Gasteiger partial charge is 0.321 e. The zero-order chi connectivity index (χ0) is 14.3. The Morgan fingerprint density at radius 2 is 2.25 bits per heavy atom. The highest BCUT2D eigenvalue weighted by atomic mass is 79.9. The fraction of sp³-hybridized carbons (Fsp3) is 0.714. The molecule has 2 fully saturated rings. The fourth-order valence-electron chi connectivity index (χ4n) is 3.87. The van der Waals surface area contributed by atoms with Crippen LogP contribution >= 0.6 is 15.9 Å². The molecular formula is C14H20BrN3O2. The second-order valence-electron chi connectivity index (χ2n) is 5.98. The third-order valence-electron chi connectivity index (χ3n) is 4.85. The van der Waals surface area contributed by atoms with Crippen LogP contribution in [0.4, 0.5) is 0 Å². The van der Waals surface area contributed by atoms with Crippen LogP contribution in [0.5, 0.6) is 0 Å². The topological polar surface area (TPSA) is 58.4 Å². The zero-order valence-electron chi connectivity index (χ0n) is 11.6. The lowest BCUT2D eigenvalue weighted by Gasteiger charge is -2.27. The van der Waals surface area contributed by atoms with Gasteiger partial charge >= 0.3 is 5.97 Å². The molecule has 1 aliphatic carbocycles. The quantitative estimate of drug-likeness (QED) is 0.916. The summed E-state index contributed by atoms with van der Waals surface area (Å²) in [4.78, 5) is 13.8. The van der Waals surface area contributed by atoms with Crippen molar-refractivity contribution in [1.29, 1.82) is 0 Å². The molecule has 0 bridgehead atoms. The van der Waals surface area contributed by atoms with Gasteiger partial charge in [-0.05, 0) is 40.6 Å². The molecule has 3 atom stereocenters. The van der Waals surface area contributed by atoms with E-state index in [0.717, 1.165) is 23.1 Å². The molecule has 0 spiro atoms. The van der Waals surface area contributed by atoms with E-state index in [0.29, 0.717) is 18.4 Å². The number of aromatic nitrogens is 2. The fourth-order valence-corrected chi connectivity index (χ4v) is 4.35. The monoisotopic (exact) mass is 341 g/mol. The lowest BCUT2D eigenvalue weighted by atomic mass is 9.78. The predicted octanol–water partition coefficient (Wildman–Crippen LogP) is 2.26. The number of carboxylic acids is 1. The van der Waals surface area contributed by atoms with Crippen molar-refractivity contribution in [3.8, 4) is 0 Å². The molecule has 0 unspecified atom stereocenters. The van der Waals surface area contributed by atoms with Crippen LogP contribution in [0.3, 0.4) is 0 Å². The van der Waals surface area contributed by atoms with Gasteiger partial charge in [0.25, 0.3) is 0 Å². The number of hydrogen-bond acceptors (Lipinski definition) is 3. The molecule has 1 aromatic heterocycles. The van der Waals surface area contributed by atoms with E-state index in [-0.39, 0.29) is 6.04 Å². The van der Waals surface area contributed by atoms with E-state index in [9.17, 15) is 9.90 Å². The summed E-state index contributed by atoms with van der Waals surface area (Å²) < 4.78 is 2.78. The van der Waals surface area contributed by atoms with E-state index in [1.165, 1.54) is 19.3 Å². The van der Waals surface area contributed by atoms with Crippen LogP contribution in [0.25, 0.3) is 0 Å². The Labute approximate surface area is 127 Å². The van der Waals surface area contributed by atoms with Crippen molar-refractivity contribution in [1.82, 2.24) is 14.7 Å².